The van der Waals surface area contributed by atoms with Crippen molar-refractivity contribution in [1.29, 1.82) is 0 Å². The molecule has 32 heavy (non-hydrogen) atoms. The molecular formula is C29H48N2O. The number of amides is 1. The van der Waals surface area contributed by atoms with Crippen LogP contribution in [-0.4, -0.2) is 41.4 Å². The van der Waals surface area contributed by atoms with E-state index >= 15 is 0 Å². The average Bonchev–Trinajstić information content (AvgIpc) is 2.85. The summed E-state index contributed by atoms with van der Waals surface area (Å²) in [4.78, 5) is 17.8. The maximum Gasteiger partial charge on any atom is 0.227 e. The Balaban J connectivity index is 0.00000121. The lowest BCUT2D eigenvalue weighted by molar-refractivity contribution is -0.134. The maximum absolute atomic E-state index is 13.0. The first-order chi connectivity index (χ1) is 15.7. The Kier molecular flexibility index (Phi) is 14.0. The second kappa shape index (κ2) is 15.9. The zero-order valence-electron chi connectivity index (χ0n) is 21.7. The van der Waals surface area contributed by atoms with Gasteiger partial charge in [-0.1, -0.05) is 71.6 Å². The molecule has 2 atom stereocenters. The Morgan fingerprint density at radius 1 is 1.22 bits per heavy atom. The summed E-state index contributed by atoms with van der Waals surface area (Å²) in [6.45, 7) is 19.4. The molecule has 0 bridgehead atoms. The van der Waals surface area contributed by atoms with Gasteiger partial charge >= 0.3 is 0 Å². The van der Waals surface area contributed by atoms with Crippen molar-refractivity contribution in [3.8, 4) is 0 Å². The van der Waals surface area contributed by atoms with Crippen molar-refractivity contribution in [3.05, 3.63) is 59.9 Å². The zero-order chi connectivity index (χ0) is 23.9. The standard InChI is InChI=1S/C25H36N2O.2C2H6/c1-4-7-11-20(6-3)14-16-26-17-15-24-22(19-26)18-21-12-8-9-13-23(21)27(24)25(28)10-5-2;2*1-2/h4,6-7,9,11,13,22,24H,3,5,8,10,12,14-19H2,1-2H3;2*1-2H3/b7-4-,20-11+;;. The van der Waals surface area contributed by atoms with Gasteiger partial charge in [-0.05, 0) is 68.6 Å². The van der Waals surface area contributed by atoms with Gasteiger partial charge in [-0.2, -0.15) is 0 Å². The molecule has 1 fully saturated rings. The average molecular weight is 441 g/mol. The second-order valence-electron chi connectivity index (χ2n) is 8.29. The Hall–Kier alpha value is -1.87. The number of fused-ring (bicyclic) bond motifs is 1. The van der Waals surface area contributed by atoms with Crippen LogP contribution in [0.1, 0.15) is 86.5 Å². The van der Waals surface area contributed by atoms with Crippen molar-refractivity contribution in [1.82, 2.24) is 9.80 Å². The third-order valence-corrected chi connectivity index (χ3v) is 6.34. The molecule has 1 amide bonds. The molecule has 0 aromatic heterocycles. The third-order valence-electron chi connectivity index (χ3n) is 6.34. The lowest BCUT2D eigenvalue weighted by atomic mass is 9.78. The summed E-state index contributed by atoms with van der Waals surface area (Å²) >= 11 is 0. The number of likely N-dealkylation sites (tertiary alicyclic amines) is 1. The number of piperidine rings is 1. The topological polar surface area (TPSA) is 23.6 Å². The van der Waals surface area contributed by atoms with Crippen molar-refractivity contribution in [2.24, 2.45) is 5.92 Å². The van der Waals surface area contributed by atoms with E-state index < -0.39 is 0 Å². The Morgan fingerprint density at radius 2 is 1.97 bits per heavy atom. The van der Waals surface area contributed by atoms with Gasteiger partial charge in [0.2, 0.25) is 5.91 Å². The maximum atomic E-state index is 13.0. The van der Waals surface area contributed by atoms with Gasteiger partial charge in [-0.15, -0.1) is 0 Å². The van der Waals surface area contributed by atoms with Crippen LogP contribution in [0.4, 0.5) is 0 Å². The highest BCUT2D eigenvalue weighted by Crippen LogP contribution is 2.40. The summed E-state index contributed by atoms with van der Waals surface area (Å²) in [6, 6.07) is 0.384. The first-order valence-electron chi connectivity index (χ1n) is 13.0. The van der Waals surface area contributed by atoms with Gasteiger partial charge in [0.15, 0.2) is 0 Å². The fourth-order valence-electron chi connectivity index (χ4n) is 4.90. The van der Waals surface area contributed by atoms with E-state index in [2.05, 4.69) is 53.7 Å². The van der Waals surface area contributed by atoms with Crippen LogP contribution in [0.15, 0.2) is 59.9 Å². The fourth-order valence-corrected chi connectivity index (χ4v) is 4.90. The van der Waals surface area contributed by atoms with E-state index in [-0.39, 0.29) is 0 Å². The SMILES string of the molecule is C=C/C(=C\C=C/C)CCN1CCC2C(CC3=C(C=CCC3)N2C(=O)CCC)C1.CC.CC. The van der Waals surface area contributed by atoms with Gasteiger partial charge in [0.25, 0.3) is 0 Å². The molecule has 3 nitrogen and oxygen atoms in total. The quantitative estimate of drug-likeness (QED) is 0.384. The van der Waals surface area contributed by atoms with Crippen LogP contribution < -0.4 is 0 Å². The van der Waals surface area contributed by atoms with Crippen LogP contribution in [0.3, 0.4) is 0 Å². The second-order valence-corrected chi connectivity index (χ2v) is 8.29. The minimum Gasteiger partial charge on any atom is -0.309 e. The number of carbonyl (C=O) groups is 1. The van der Waals surface area contributed by atoms with Crippen LogP contribution in [0.5, 0.6) is 0 Å². The van der Waals surface area contributed by atoms with Gasteiger partial charge in [-0.3, -0.25) is 4.79 Å². The molecule has 1 saturated heterocycles. The van der Waals surface area contributed by atoms with Gasteiger partial charge in [0.05, 0.1) is 0 Å². The van der Waals surface area contributed by atoms with Crippen LogP contribution in [0.2, 0.25) is 0 Å². The molecule has 3 heteroatoms. The molecule has 0 aromatic carbocycles. The smallest absolute Gasteiger partial charge is 0.227 e. The van der Waals surface area contributed by atoms with E-state index in [0.29, 0.717) is 24.3 Å². The van der Waals surface area contributed by atoms with Crippen molar-refractivity contribution in [3.63, 3.8) is 0 Å². The van der Waals surface area contributed by atoms with Crippen molar-refractivity contribution < 1.29 is 4.79 Å². The molecule has 0 radical (unpaired) electrons. The minimum absolute atomic E-state index is 0.327. The molecule has 0 aromatic rings. The Morgan fingerprint density at radius 3 is 2.62 bits per heavy atom. The van der Waals surface area contributed by atoms with E-state index in [1.54, 1.807) is 0 Å². The van der Waals surface area contributed by atoms with E-state index in [1.807, 2.05) is 40.7 Å². The lowest BCUT2D eigenvalue weighted by Crippen LogP contribution is -2.55. The minimum atomic E-state index is 0.327. The predicted molar refractivity (Wildman–Crippen MR) is 141 cm³/mol. The molecular weight excluding hydrogens is 392 g/mol. The molecule has 1 aliphatic carbocycles. The van der Waals surface area contributed by atoms with E-state index in [4.69, 9.17) is 0 Å². The Bertz CT molecular complexity index is 698. The summed E-state index contributed by atoms with van der Waals surface area (Å²) in [7, 11) is 0. The highest BCUT2D eigenvalue weighted by Gasteiger charge is 2.41. The van der Waals surface area contributed by atoms with Crippen LogP contribution in [0, 0.1) is 5.92 Å². The Labute approximate surface area is 198 Å². The molecule has 0 spiro atoms. The first-order valence-corrected chi connectivity index (χ1v) is 13.0. The third kappa shape index (κ3) is 7.62. The largest absolute Gasteiger partial charge is 0.309 e. The van der Waals surface area contributed by atoms with Gasteiger partial charge in [0.1, 0.15) is 0 Å². The summed E-state index contributed by atoms with van der Waals surface area (Å²) < 4.78 is 0. The highest BCUT2D eigenvalue weighted by molar-refractivity contribution is 5.79. The van der Waals surface area contributed by atoms with Crippen molar-refractivity contribution in [2.45, 2.75) is 92.5 Å². The number of rotatable bonds is 7. The molecule has 2 unspecified atom stereocenters. The van der Waals surface area contributed by atoms with Gasteiger partial charge < -0.3 is 9.80 Å². The number of hydrogen-bond acceptors (Lipinski definition) is 2. The molecule has 2 heterocycles. The molecule has 180 valence electrons. The summed E-state index contributed by atoms with van der Waals surface area (Å²) in [5.41, 5.74) is 4.04. The number of carbonyl (C=O) groups excluding carboxylic acids is 1. The number of nitrogens with zero attached hydrogens (tertiary/aromatic N) is 2. The van der Waals surface area contributed by atoms with Crippen LogP contribution in [0.25, 0.3) is 0 Å². The van der Waals surface area contributed by atoms with Gasteiger partial charge in [0, 0.05) is 37.8 Å². The first kappa shape index (κ1) is 28.2. The number of allylic oxidation sites excluding steroid dienone is 7. The normalized spacial score (nSPS) is 22.9. The summed E-state index contributed by atoms with van der Waals surface area (Å²) in [5, 5.41) is 0. The fraction of sp³-hybridized carbons (Fsp3) is 0.621. The zero-order valence-corrected chi connectivity index (χ0v) is 21.7. The van der Waals surface area contributed by atoms with Gasteiger partial charge in [-0.25, -0.2) is 0 Å². The lowest BCUT2D eigenvalue weighted by Gasteiger charge is -2.49. The van der Waals surface area contributed by atoms with Crippen molar-refractivity contribution in [2.75, 3.05) is 19.6 Å². The van der Waals surface area contributed by atoms with E-state index in [9.17, 15) is 4.79 Å². The van der Waals surface area contributed by atoms with E-state index in [1.165, 1.54) is 23.3 Å². The summed E-state index contributed by atoms with van der Waals surface area (Å²) in [5.74, 6) is 0.902. The molecule has 0 saturated carbocycles. The van der Waals surface area contributed by atoms with Crippen LogP contribution in [-0.2, 0) is 4.79 Å². The highest BCUT2D eigenvalue weighted by atomic mass is 16.2. The molecule has 3 rings (SSSR count). The molecule has 0 N–H and O–H groups in total. The monoisotopic (exact) mass is 440 g/mol. The molecule has 2 aliphatic heterocycles. The predicted octanol–water partition coefficient (Wildman–Crippen LogP) is 7.44. The molecule has 3 aliphatic rings. The summed E-state index contributed by atoms with van der Waals surface area (Å²) in [6.07, 6.45) is 19.9. The van der Waals surface area contributed by atoms with Crippen LogP contribution >= 0.6 is 0 Å². The van der Waals surface area contributed by atoms with Crippen molar-refractivity contribution >= 4 is 5.91 Å². The van der Waals surface area contributed by atoms with E-state index in [0.717, 1.165) is 51.7 Å². The number of hydrogen-bond donors (Lipinski definition) is 0.